The van der Waals surface area contributed by atoms with E-state index < -0.39 is 0 Å². The second kappa shape index (κ2) is 9.02. The fourth-order valence-electron chi connectivity index (χ4n) is 1.71. The number of para-hydroxylation sites is 2. The van der Waals surface area contributed by atoms with Crippen LogP contribution >= 0.6 is 11.6 Å². The van der Waals surface area contributed by atoms with Crippen LogP contribution in [0.25, 0.3) is 0 Å². The minimum atomic E-state index is 0.00117. The average Bonchev–Trinajstić information content (AvgIpc) is 2.39. The van der Waals surface area contributed by atoms with Crippen molar-refractivity contribution in [1.82, 2.24) is 4.90 Å². The summed E-state index contributed by atoms with van der Waals surface area (Å²) in [5.41, 5.74) is 0. The number of nitrogens with zero attached hydrogens (tertiary/aromatic N) is 1. The lowest BCUT2D eigenvalue weighted by atomic mass is 10.3. The number of hydrogen-bond acceptors (Lipinski definition) is 4. The first-order valence-corrected chi connectivity index (χ1v) is 6.68. The Morgan fingerprint density at radius 2 is 1.89 bits per heavy atom. The molecule has 0 heterocycles. The number of rotatable bonds is 9. The van der Waals surface area contributed by atoms with E-state index in [0.29, 0.717) is 13.2 Å². The third kappa shape index (κ3) is 6.14. The molecule has 0 aliphatic carbocycles. The summed E-state index contributed by atoms with van der Waals surface area (Å²) < 4.78 is 15.9. The molecule has 1 rings (SSSR count). The minimum Gasteiger partial charge on any atom is -0.493 e. The van der Waals surface area contributed by atoms with Crippen LogP contribution in [0.15, 0.2) is 24.3 Å². The van der Waals surface area contributed by atoms with Crippen LogP contribution in [-0.2, 0) is 4.74 Å². The zero-order valence-corrected chi connectivity index (χ0v) is 12.5. The van der Waals surface area contributed by atoms with E-state index in [1.807, 2.05) is 31.3 Å². The van der Waals surface area contributed by atoms with Gasteiger partial charge >= 0.3 is 0 Å². The first-order valence-electron chi connectivity index (χ1n) is 6.24. The van der Waals surface area contributed by atoms with Gasteiger partial charge in [0, 0.05) is 20.2 Å². The third-order valence-corrected chi connectivity index (χ3v) is 2.92. The number of hydrogen-bond donors (Lipinski definition) is 0. The van der Waals surface area contributed by atoms with Gasteiger partial charge in [0.1, 0.15) is 6.61 Å². The Hall–Kier alpha value is -0.970. The molecule has 108 valence electrons. The van der Waals surface area contributed by atoms with Crippen molar-refractivity contribution < 1.29 is 14.2 Å². The van der Waals surface area contributed by atoms with Gasteiger partial charge in [-0.25, -0.2) is 0 Å². The highest BCUT2D eigenvalue weighted by atomic mass is 35.5. The van der Waals surface area contributed by atoms with Crippen LogP contribution in [0.3, 0.4) is 0 Å². The van der Waals surface area contributed by atoms with Crippen molar-refractivity contribution in [3.63, 3.8) is 0 Å². The van der Waals surface area contributed by atoms with Crippen molar-refractivity contribution in [2.45, 2.75) is 5.38 Å². The summed E-state index contributed by atoms with van der Waals surface area (Å²) in [6.45, 7) is 2.71. The molecule has 0 N–H and O–H groups in total. The topological polar surface area (TPSA) is 30.9 Å². The molecule has 0 saturated carbocycles. The molecule has 0 amide bonds. The predicted molar refractivity (Wildman–Crippen MR) is 77.5 cm³/mol. The van der Waals surface area contributed by atoms with Gasteiger partial charge in [0.05, 0.1) is 19.1 Å². The lowest BCUT2D eigenvalue weighted by Crippen LogP contribution is -2.31. The summed E-state index contributed by atoms with van der Waals surface area (Å²) in [5, 5.41) is 0.00117. The Bertz CT molecular complexity index is 362. The molecule has 0 bridgehead atoms. The highest BCUT2D eigenvalue weighted by Gasteiger charge is 2.08. The van der Waals surface area contributed by atoms with Crippen molar-refractivity contribution in [3.8, 4) is 11.5 Å². The van der Waals surface area contributed by atoms with Crippen molar-refractivity contribution in [3.05, 3.63) is 24.3 Å². The second-order valence-corrected chi connectivity index (χ2v) is 4.93. The number of alkyl halides is 1. The van der Waals surface area contributed by atoms with Gasteiger partial charge in [0.25, 0.3) is 0 Å². The zero-order valence-electron chi connectivity index (χ0n) is 11.8. The molecule has 0 spiro atoms. The van der Waals surface area contributed by atoms with Crippen LogP contribution in [0.1, 0.15) is 0 Å². The van der Waals surface area contributed by atoms with Gasteiger partial charge in [0.2, 0.25) is 0 Å². The molecule has 1 atom stereocenters. The van der Waals surface area contributed by atoms with E-state index in [0.717, 1.165) is 24.6 Å². The van der Waals surface area contributed by atoms with E-state index in [2.05, 4.69) is 4.90 Å². The van der Waals surface area contributed by atoms with Gasteiger partial charge in [-0.3, -0.25) is 0 Å². The van der Waals surface area contributed by atoms with Gasteiger partial charge in [-0.05, 0) is 19.2 Å². The molecule has 0 aliphatic rings. The average molecular weight is 288 g/mol. The van der Waals surface area contributed by atoms with E-state index >= 15 is 0 Å². The third-order valence-electron chi connectivity index (χ3n) is 2.66. The van der Waals surface area contributed by atoms with Gasteiger partial charge in [-0.15, -0.1) is 11.6 Å². The van der Waals surface area contributed by atoms with Crippen molar-refractivity contribution in [1.29, 1.82) is 0 Å². The fourth-order valence-corrected chi connectivity index (χ4v) is 2.07. The monoisotopic (exact) mass is 287 g/mol. The summed E-state index contributed by atoms with van der Waals surface area (Å²) in [6, 6.07) is 7.62. The Balaban J connectivity index is 2.29. The normalized spacial score (nSPS) is 12.5. The molecule has 0 radical (unpaired) electrons. The molecule has 0 saturated heterocycles. The molecule has 4 nitrogen and oxygen atoms in total. The summed E-state index contributed by atoms with van der Waals surface area (Å²) in [7, 11) is 5.30. The van der Waals surface area contributed by atoms with E-state index in [9.17, 15) is 0 Å². The number of likely N-dealkylation sites (N-methyl/N-ethyl adjacent to an activating group) is 1. The van der Waals surface area contributed by atoms with Gasteiger partial charge in [-0.1, -0.05) is 12.1 Å². The van der Waals surface area contributed by atoms with Crippen molar-refractivity contribution in [2.24, 2.45) is 0 Å². The summed E-state index contributed by atoms with van der Waals surface area (Å²) in [6.07, 6.45) is 0. The van der Waals surface area contributed by atoms with Crippen LogP contribution in [0.4, 0.5) is 0 Å². The molecule has 19 heavy (non-hydrogen) atoms. The maximum absolute atomic E-state index is 6.09. The van der Waals surface area contributed by atoms with E-state index in [4.69, 9.17) is 25.8 Å². The predicted octanol–water partition coefficient (Wildman–Crippen LogP) is 2.26. The smallest absolute Gasteiger partial charge is 0.161 e. The fraction of sp³-hybridized carbons (Fsp3) is 0.571. The molecule has 1 aromatic rings. The Labute approximate surface area is 120 Å². The first-order chi connectivity index (χ1) is 9.17. The largest absolute Gasteiger partial charge is 0.493 e. The summed E-state index contributed by atoms with van der Waals surface area (Å²) in [5.74, 6) is 1.51. The molecule has 1 aromatic carbocycles. The van der Waals surface area contributed by atoms with Crippen molar-refractivity contribution in [2.75, 3.05) is 47.6 Å². The zero-order chi connectivity index (χ0) is 14.1. The highest BCUT2D eigenvalue weighted by molar-refractivity contribution is 6.20. The minimum absolute atomic E-state index is 0.00117. The lowest BCUT2D eigenvalue weighted by Gasteiger charge is -2.20. The number of methoxy groups -OCH3 is 2. The van der Waals surface area contributed by atoms with Crippen LogP contribution < -0.4 is 9.47 Å². The Morgan fingerprint density at radius 1 is 1.21 bits per heavy atom. The number of halogens is 1. The summed E-state index contributed by atoms with van der Waals surface area (Å²) in [4.78, 5) is 2.12. The maximum Gasteiger partial charge on any atom is 0.161 e. The Kier molecular flexibility index (Phi) is 7.63. The van der Waals surface area contributed by atoms with Crippen LogP contribution in [0, 0.1) is 0 Å². The van der Waals surface area contributed by atoms with E-state index in [-0.39, 0.29) is 5.38 Å². The standard InChI is InChI=1S/C14H22ClNO3/c1-16(10-12(15)11-17-2)8-9-19-14-7-5-4-6-13(14)18-3/h4-7,12H,8-11H2,1-3H3. The molecule has 5 heteroatoms. The van der Waals surface area contributed by atoms with Crippen LogP contribution in [0.2, 0.25) is 0 Å². The summed E-state index contributed by atoms with van der Waals surface area (Å²) >= 11 is 6.09. The van der Waals surface area contributed by atoms with E-state index in [1.165, 1.54) is 0 Å². The molecule has 1 unspecified atom stereocenters. The second-order valence-electron chi connectivity index (χ2n) is 4.31. The van der Waals surface area contributed by atoms with Crippen LogP contribution in [0.5, 0.6) is 11.5 Å². The molecule has 0 aliphatic heterocycles. The highest BCUT2D eigenvalue weighted by Crippen LogP contribution is 2.25. The van der Waals surface area contributed by atoms with Crippen molar-refractivity contribution >= 4 is 11.6 Å². The molecule has 0 fully saturated rings. The van der Waals surface area contributed by atoms with E-state index in [1.54, 1.807) is 14.2 Å². The van der Waals surface area contributed by atoms with Crippen LogP contribution in [-0.4, -0.2) is 57.8 Å². The van der Waals surface area contributed by atoms with Gasteiger partial charge in [0.15, 0.2) is 11.5 Å². The molecular formula is C14H22ClNO3. The number of ether oxygens (including phenoxy) is 3. The SMILES string of the molecule is COCC(Cl)CN(C)CCOc1ccccc1OC. The maximum atomic E-state index is 6.09. The Morgan fingerprint density at radius 3 is 2.53 bits per heavy atom. The lowest BCUT2D eigenvalue weighted by molar-refractivity contribution is 0.174. The van der Waals surface area contributed by atoms with Gasteiger partial charge < -0.3 is 19.1 Å². The molecular weight excluding hydrogens is 266 g/mol. The van der Waals surface area contributed by atoms with Gasteiger partial charge in [-0.2, -0.15) is 0 Å². The first kappa shape index (κ1) is 16.1. The number of benzene rings is 1. The molecule has 0 aromatic heterocycles. The quantitative estimate of drug-likeness (QED) is 0.652.